The normalized spacial score (nSPS) is 15.5. The van der Waals surface area contributed by atoms with E-state index in [1.807, 2.05) is 0 Å². The minimum Gasteiger partial charge on any atom is -0.399 e. The van der Waals surface area contributed by atoms with Gasteiger partial charge in [0.25, 0.3) is 0 Å². The monoisotopic (exact) mass is 495 g/mol. The summed E-state index contributed by atoms with van der Waals surface area (Å²) in [5, 5.41) is 3.73. The maximum absolute atomic E-state index is 13.3. The van der Waals surface area contributed by atoms with E-state index < -0.39 is 27.8 Å². The van der Waals surface area contributed by atoms with Crippen LogP contribution in [0, 0.1) is 0 Å². The van der Waals surface area contributed by atoms with Crippen LogP contribution in [0.25, 0.3) is 10.9 Å². The number of rotatable bonds is 6. The van der Waals surface area contributed by atoms with Gasteiger partial charge >= 0.3 is 6.18 Å². The summed E-state index contributed by atoms with van der Waals surface area (Å²) in [6.07, 6.45) is 1.61. The molecule has 1 atom stereocenters. The van der Waals surface area contributed by atoms with Crippen LogP contribution in [0.1, 0.15) is 36.9 Å². The molecule has 1 aliphatic heterocycles. The predicted molar refractivity (Wildman–Crippen MR) is 125 cm³/mol. The highest BCUT2D eigenvalue weighted by molar-refractivity contribution is 7.91. The first-order valence-corrected chi connectivity index (χ1v) is 12.4. The largest absolute Gasteiger partial charge is 0.416 e. The fourth-order valence-electron chi connectivity index (χ4n) is 3.96. The molecule has 1 fully saturated rings. The van der Waals surface area contributed by atoms with Crippen LogP contribution in [-0.2, 0) is 16.2 Å². The number of pyridine rings is 1. The summed E-state index contributed by atoms with van der Waals surface area (Å²) in [6.45, 7) is 3.29. The molecule has 1 saturated heterocycles. The number of sulfonamides is 1. The molecular formula is C21H24F3N7O2S. The number of nitrogen functional groups attached to an aromatic ring is 1. The minimum atomic E-state index is -4.55. The topological polar surface area (TPSA) is 126 Å². The van der Waals surface area contributed by atoms with Gasteiger partial charge in [-0.15, -0.1) is 0 Å². The SMILES string of the molecule is CC(Nc1nc(NS(C)(=O)=O)nc2cncc(N3CCCC3)c12)c1cc(N)cc(C(F)(F)F)c1. The van der Waals surface area contributed by atoms with Crippen molar-refractivity contribution in [3.05, 3.63) is 41.7 Å². The van der Waals surface area contributed by atoms with Crippen molar-refractivity contribution in [2.24, 2.45) is 0 Å². The Hall–Kier alpha value is -3.35. The third-order valence-electron chi connectivity index (χ3n) is 5.47. The number of nitrogens with two attached hydrogens (primary N) is 1. The van der Waals surface area contributed by atoms with Crippen molar-refractivity contribution in [3.63, 3.8) is 0 Å². The van der Waals surface area contributed by atoms with E-state index in [1.54, 1.807) is 13.1 Å². The lowest BCUT2D eigenvalue weighted by molar-refractivity contribution is -0.137. The smallest absolute Gasteiger partial charge is 0.399 e. The van der Waals surface area contributed by atoms with Gasteiger partial charge in [-0.05, 0) is 43.5 Å². The molecule has 1 aliphatic rings. The van der Waals surface area contributed by atoms with Gasteiger partial charge in [0, 0.05) is 18.8 Å². The molecule has 0 amide bonds. The number of nitrogens with zero attached hydrogens (tertiary/aromatic N) is 4. The van der Waals surface area contributed by atoms with Crippen LogP contribution < -0.4 is 20.7 Å². The summed E-state index contributed by atoms with van der Waals surface area (Å²) in [7, 11) is -3.67. The first-order chi connectivity index (χ1) is 15.9. The van der Waals surface area contributed by atoms with Gasteiger partial charge < -0.3 is 16.0 Å². The summed E-state index contributed by atoms with van der Waals surface area (Å²) in [4.78, 5) is 15.0. The van der Waals surface area contributed by atoms with Crippen LogP contribution >= 0.6 is 0 Å². The molecule has 9 nitrogen and oxygen atoms in total. The lowest BCUT2D eigenvalue weighted by Gasteiger charge is -2.23. The summed E-state index contributed by atoms with van der Waals surface area (Å²) in [5.74, 6) is 0.0950. The summed E-state index contributed by atoms with van der Waals surface area (Å²) in [5.41, 5.74) is 6.31. The van der Waals surface area contributed by atoms with E-state index in [0.29, 0.717) is 16.5 Å². The third-order valence-corrected chi connectivity index (χ3v) is 6.02. The highest BCUT2D eigenvalue weighted by Gasteiger charge is 2.31. The van der Waals surface area contributed by atoms with E-state index in [4.69, 9.17) is 5.73 Å². The fourth-order valence-corrected chi connectivity index (χ4v) is 4.38. The molecule has 4 N–H and O–H groups in total. The molecule has 2 aromatic heterocycles. The number of alkyl halides is 3. The van der Waals surface area contributed by atoms with Crippen molar-refractivity contribution >= 4 is 44.1 Å². The summed E-state index contributed by atoms with van der Waals surface area (Å²) >= 11 is 0. The van der Waals surface area contributed by atoms with E-state index in [2.05, 4.69) is 29.9 Å². The van der Waals surface area contributed by atoms with Crippen molar-refractivity contribution in [3.8, 4) is 0 Å². The second-order valence-corrected chi connectivity index (χ2v) is 10.0. The Morgan fingerprint density at radius 1 is 1.12 bits per heavy atom. The Balaban J connectivity index is 1.82. The quantitative estimate of drug-likeness (QED) is 0.441. The Labute approximate surface area is 194 Å². The Morgan fingerprint density at radius 3 is 2.47 bits per heavy atom. The lowest BCUT2D eigenvalue weighted by Crippen LogP contribution is -2.20. The Morgan fingerprint density at radius 2 is 1.82 bits per heavy atom. The van der Waals surface area contributed by atoms with Crippen molar-refractivity contribution in [2.45, 2.75) is 32.0 Å². The standard InChI is InChI=1S/C21H24F3N7O2S/c1-12(13-7-14(21(22,23)24)9-15(25)8-13)27-19-18-16(28-20(29-19)30-34(2,32)33)10-26-11-17(18)31-5-3-4-6-31/h7-12H,3-6,25H2,1-2H3,(H2,27,28,29,30). The molecule has 34 heavy (non-hydrogen) atoms. The van der Waals surface area contributed by atoms with Crippen LogP contribution in [0.4, 0.5) is 36.3 Å². The molecule has 13 heteroatoms. The molecule has 3 heterocycles. The Bertz CT molecular complexity index is 1330. The number of hydrogen-bond donors (Lipinski definition) is 3. The van der Waals surface area contributed by atoms with Crippen LogP contribution in [0.5, 0.6) is 0 Å². The number of nitrogens with one attached hydrogen (secondary N) is 2. The summed E-state index contributed by atoms with van der Waals surface area (Å²) in [6, 6.07) is 2.71. The second kappa shape index (κ2) is 8.78. The van der Waals surface area contributed by atoms with E-state index >= 15 is 0 Å². The van der Waals surface area contributed by atoms with E-state index in [0.717, 1.165) is 50.0 Å². The average Bonchev–Trinajstić information content (AvgIpc) is 3.25. The maximum Gasteiger partial charge on any atom is 0.416 e. The zero-order valence-corrected chi connectivity index (χ0v) is 19.3. The fraction of sp³-hybridized carbons (Fsp3) is 0.381. The number of halogens is 3. The van der Waals surface area contributed by atoms with Gasteiger partial charge in [0.05, 0.1) is 46.8 Å². The van der Waals surface area contributed by atoms with Crippen molar-refractivity contribution in [1.82, 2.24) is 15.0 Å². The van der Waals surface area contributed by atoms with Crippen molar-refractivity contribution < 1.29 is 21.6 Å². The van der Waals surface area contributed by atoms with E-state index in [-0.39, 0.29) is 17.5 Å². The first kappa shape index (κ1) is 23.8. The minimum absolute atomic E-state index is 0.0209. The van der Waals surface area contributed by atoms with Crippen LogP contribution in [-0.4, -0.2) is 42.7 Å². The zero-order chi connectivity index (χ0) is 24.7. The molecule has 1 unspecified atom stereocenters. The molecule has 0 spiro atoms. The van der Waals surface area contributed by atoms with Gasteiger partial charge in [-0.25, -0.2) is 13.4 Å². The van der Waals surface area contributed by atoms with Gasteiger partial charge in [-0.1, -0.05) is 0 Å². The average molecular weight is 496 g/mol. The highest BCUT2D eigenvalue weighted by atomic mass is 32.2. The number of fused-ring (bicyclic) bond motifs is 1. The highest BCUT2D eigenvalue weighted by Crippen LogP contribution is 2.36. The molecule has 4 rings (SSSR count). The van der Waals surface area contributed by atoms with E-state index in [9.17, 15) is 21.6 Å². The number of benzene rings is 1. The molecule has 0 aliphatic carbocycles. The van der Waals surface area contributed by atoms with Gasteiger partial charge in [0.15, 0.2) is 0 Å². The predicted octanol–water partition coefficient (Wildman–Crippen LogP) is 3.77. The third kappa shape index (κ3) is 5.24. The molecule has 0 saturated carbocycles. The molecule has 182 valence electrons. The van der Waals surface area contributed by atoms with Crippen molar-refractivity contribution in [1.29, 1.82) is 0 Å². The lowest BCUT2D eigenvalue weighted by atomic mass is 10.0. The molecule has 1 aromatic carbocycles. The maximum atomic E-state index is 13.3. The van der Waals surface area contributed by atoms with Crippen LogP contribution in [0.3, 0.4) is 0 Å². The number of aromatic nitrogens is 3. The van der Waals surface area contributed by atoms with Crippen LogP contribution in [0.2, 0.25) is 0 Å². The van der Waals surface area contributed by atoms with Gasteiger partial charge in [0.1, 0.15) is 5.82 Å². The Kier molecular flexibility index (Phi) is 6.14. The molecular weight excluding hydrogens is 471 g/mol. The molecule has 0 radical (unpaired) electrons. The zero-order valence-electron chi connectivity index (χ0n) is 18.5. The molecule has 3 aromatic rings. The van der Waals surface area contributed by atoms with Crippen molar-refractivity contribution in [2.75, 3.05) is 40.0 Å². The van der Waals surface area contributed by atoms with Gasteiger partial charge in [-0.3, -0.25) is 9.71 Å². The summed E-state index contributed by atoms with van der Waals surface area (Å²) < 4.78 is 65.7. The number of hydrogen-bond acceptors (Lipinski definition) is 8. The van der Waals surface area contributed by atoms with Gasteiger partial charge in [-0.2, -0.15) is 18.2 Å². The number of anilines is 4. The van der Waals surface area contributed by atoms with E-state index in [1.165, 1.54) is 12.3 Å². The second-order valence-electron chi connectivity index (χ2n) is 8.27. The van der Waals surface area contributed by atoms with Crippen LogP contribution in [0.15, 0.2) is 30.6 Å². The first-order valence-electron chi connectivity index (χ1n) is 10.5. The molecule has 0 bridgehead atoms. The van der Waals surface area contributed by atoms with Gasteiger partial charge in [0.2, 0.25) is 16.0 Å².